The van der Waals surface area contributed by atoms with Crippen LogP contribution in [0.4, 0.5) is 21.6 Å². The standard InChI is InChI=1S/C33H36FN5O3/c1-19-24(21-14-27(31(41)39(7)18-21)37-28-12-11-22(17-36-28)33(5,6)42)9-8-10-26(19)38-30(40)29-20(16-35)13-23(15-25(29)34)32(2,3)4/h8-18,35,42H,1-7H3,(H,36,37)(H,38,40). The van der Waals surface area contributed by atoms with Crippen molar-refractivity contribution in [1.29, 1.82) is 5.41 Å². The van der Waals surface area contributed by atoms with Crippen LogP contribution in [0.5, 0.6) is 0 Å². The van der Waals surface area contributed by atoms with Gasteiger partial charge in [0.05, 0.1) is 11.2 Å². The van der Waals surface area contributed by atoms with E-state index in [0.717, 1.165) is 11.8 Å². The Kier molecular flexibility index (Phi) is 8.18. The molecule has 8 nitrogen and oxygen atoms in total. The topological polar surface area (TPSA) is 120 Å². The zero-order valence-electron chi connectivity index (χ0n) is 24.9. The first kappa shape index (κ1) is 30.3. The highest BCUT2D eigenvalue weighted by Crippen LogP contribution is 2.31. The van der Waals surface area contributed by atoms with Crippen molar-refractivity contribution in [2.75, 3.05) is 10.6 Å². The molecule has 42 heavy (non-hydrogen) atoms. The van der Waals surface area contributed by atoms with Crippen molar-refractivity contribution in [3.63, 3.8) is 0 Å². The molecule has 0 radical (unpaired) electrons. The van der Waals surface area contributed by atoms with Crippen molar-refractivity contribution in [3.8, 4) is 11.1 Å². The Balaban J connectivity index is 1.67. The van der Waals surface area contributed by atoms with Crippen LogP contribution in [0.1, 0.15) is 67.2 Å². The molecule has 0 saturated carbocycles. The molecule has 218 valence electrons. The number of aryl methyl sites for hydroxylation is 1. The van der Waals surface area contributed by atoms with E-state index in [1.165, 1.54) is 10.6 Å². The zero-order valence-corrected chi connectivity index (χ0v) is 24.9. The molecule has 0 spiro atoms. The van der Waals surface area contributed by atoms with Gasteiger partial charge in [0.25, 0.3) is 11.5 Å². The first-order valence-electron chi connectivity index (χ1n) is 13.5. The fourth-order valence-corrected chi connectivity index (χ4v) is 4.60. The summed E-state index contributed by atoms with van der Waals surface area (Å²) in [7, 11) is 1.64. The smallest absolute Gasteiger partial charge is 0.274 e. The second kappa shape index (κ2) is 11.3. The van der Waals surface area contributed by atoms with Gasteiger partial charge in [-0.05, 0) is 73.2 Å². The van der Waals surface area contributed by atoms with E-state index < -0.39 is 17.3 Å². The molecule has 2 heterocycles. The van der Waals surface area contributed by atoms with Crippen LogP contribution in [0.25, 0.3) is 11.1 Å². The quantitative estimate of drug-likeness (QED) is 0.192. The molecular formula is C33H36FN5O3. The summed E-state index contributed by atoms with van der Waals surface area (Å²) < 4.78 is 16.6. The number of rotatable bonds is 7. The van der Waals surface area contributed by atoms with Crippen LogP contribution in [0, 0.1) is 18.2 Å². The normalized spacial score (nSPS) is 11.7. The van der Waals surface area contributed by atoms with Crippen LogP contribution in [0.15, 0.2) is 65.7 Å². The average Bonchev–Trinajstić information content (AvgIpc) is 2.91. The Morgan fingerprint density at radius 2 is 1.76 bits per heavy atom. The third-order valence-electron chi connectivity index (χ3n) is 7.18. The Morgan fingerprint density at radius 3 is 2.36 bits per heavy atom. The van der Waals surface area contributed by atoms with Crippen LogP contribution < -0.4 is 16.2 Å². The van der Waals surface area contributed by atoms with E-state index in [1.54, 1.807) is 69.7 Å². The van der Waals surface area contributed by atoms with E-state index in [-0.39, 0.29) is 22.1 Å². The number of carbonyl (C=O) groups excluding carboxylic acids is 1. The molecule has 2 aromatic heterocycles. The van der Waals surface area contributed by atoms with Gasteiger partial charge >= 0.3 is 0 Å². The number of aromatic nitrogens is 2. The van der Waals surface area contributed by atoms with Gasteiger partial charge in [-0.3, -0.25) is 9.59 Å². The van der Waals surface area contributed by atoms with Gasteiger partial charge in [0.15, 0.2) is 0 Å². The maximum absolute atomic E-state index is 15.2. The molecule has 4 rings (SSSR count). The third-order valence-corrected chi connectivity index (χ3v) is 7.18. The van der Waals surface area contributed by atoms with Crippen LogP contribution in [-0.4, -0.2) is 26.8 Å². The predicted molar refractivity (Wildman–Crippen MR) is 166 cm³/mol. The van der Waals surface area contributed by atoms with Crippen molar-refractivity contribution in [1.82, 2.24) is 9.55 Å². The number of anilines is 3. The number of amides is 1. The van der Waals surface area contributed by atoms with E-state index in [4.69, 9.17) is 5.41 Å². The van der Waals surface area contributed by atoms with Crippen LogP contribution in [-0.2, 0) is 18.1 Å². The highest BCUT2D eigenvalue weighted by Gasteiger charge is 2.23. The minimum atomic E-state index is -1.04. The number of hydrogen-bond acceptors (Lipinski definition) is 6. The largest absolute Gasteiger partial charge is 0.386 e. The molecule has 0 bridgehead atoms. The van der Waals surface area contributed by atoms with E-state index in [2.05, 4.69) is 15.6 Å². The van der Waals surface area contributed by atoms with E-state index in [9.17, 15) is 14.7 Å². The highest BCUT2D eigenvalue weighted by molar-refractivity contribution is 6.10. The number of pyridine rings is 2. The molecule has 0 fully saturated rings. The van der Waals surface area contributed by atoms with E-state index in [0.29, 0.717) is 39.4 Å². The average molecular weight is 570 g/mol. The lowest BCUT2D eigenvalue weighted by molar-refractivity contribution is 0.0782. The number of hydrogen-bond donors (Lipinski definition) is 4. The van der Waals surface area contributed by atoms with Crippen molar-refractivity contribution in [3.05, 3.63) is 105 Å². The molecule has 0 aliphatic rings. The summed E-state index contributed by atoms with van der Waals surface area (Å²) >= 11 is 0. The van der Waals surface area contributed by atoms with Crippen LogP contribution >= 0.6 is 0 Å². The van der Waals surface area contributed by atoms with Crippen LogP contribution in [0.2, 0.25) is 0 Å². The number of benzene rings is 2. The number of nitrogens with one attached hydrogen (secondary N) is 3. The highest BCUT2D eigenvalue weighted by atomic mass is 19.1. The maximum Gasteiger partial charge on any atom is 0.274 e. The Labute approximate surface area is 244 Å². The fourth-order valence-electron chi connectivity index (χ4n) is 4.60. The van der Waals surface area contributed by atoms with Gasteiger partial charge in [0.2, 0.25) is 0 Å². The van der Waals surface area contributed by atoms with Crippen molar-refractivity contribution in [2.45, 2.75) is 52.6 Å². The minimum Gasteiger partial charge on any atom is -0.386 e. The van der Waals surface area contributed by atoms with Crippen molar-refractivity contribution < 1.29 is 14.3 Å². The van der Waals surface area contributed by atoms with Gasteiger partial charge in [-0.2, -0.15) is 0 Å². The first-order chi connectivity index (χ1) is 19.6. The Morgan fingerprint density at radius 1 is 1.05 bits per heavy atom. The van der Waals surface area contributed by atoms with Gasteiger partial charge in [-0.25, -0.2) is 9.37 Å². The molecule has 0 aliphatic heterocycles. The molecule has 0 saturated heterocycles. The van der Waals surface area contributed by atoms with E-state index >= 15 is 4.39 Å². The molecule has 9 heteroatoms. The fraction of sp³-hybridized carbons (Fsp3) is 0.273. The summed E-state index contributed by atoms with van der Waals surface area (Å²) in [5.41, 5.74) is 2.63. The number of halogens is 1. The Bertz CT molecular complexity index is 1730. The predicted octanol–water partition coefficient (Wildman–Crippen LogP) is 6.41. The van der Waals surface area contributed by atoms with Gasteiger partial charge in [-0.15, -0.1) is 0 Å². The minimum absolute atomic E-state index is 0.195. The summed E-state index contributed by atoms with van der Waals surface area (Å²) in [4.78, 5) is 30.6. The van der Waals surface area contributed by atoms with Crippen molar-refractivity contribution >= 4 is 29.3 Å². The lowest BCUT2D eigenvalue weighted by atomic mass is 9.85. The monoisotopic (exact) mass is 569 g/mol. The summed E-state index contributed by atoms with van der Waals surface area (Å²) in [6.45, 7) is 11.0. The number of carbonyl (C=O) groups is 1. The second-order valence-corrected chi connectivity index (χ2v) is 11.9. The molecule has 4 aromatic rings. The zero-order chi connectivity index (χ0) is 31.0. The molecule has 1 amide bonds. The SMILES string of the molecule is Cc1c(NC(=O)c2c(F)cc(C(C)(C)C)cc2C=N)cccc1-c1cc(Nc2ccc(C(C)(C)O)cn2)c(=O)n(C)c1. The van der Waals surface area contributed by atoms with Gasteiger partial charge in [0, 0.05) is 48.0 Å². The van der Waals surface area contributed by atoms with Gasteiger partial charge in [-0.1, -0.05) is 39.0 Å². The van der Waals surface area contributed by atoms with Gasteiger partial charge < -0.3 is 25.7 Å². The molecular weight excluding hydrogens is 533 g/mol. The van der Waals surface area contributed by atoms with Gasteiger partial charge in [0.1, 0.15) is 17.3 Å². The molecule has 0 atom stereocenters. The number of aliphatic hydroxyl groups is 1. The lowest BCUT2D eigenvalue weighted by Gasteiger charge is -2.21. The molecule has 2 aromatic carbocycles. The second-order valence-electron chi connectivity index (χ2n) is 11.9. The number of nitrogens with zero attached hydrogens (tertiary/aromatic N) is 2. The summed E-state index contributed by atoms with van der Waals surface area (Å²) in [5, 5.41) is 23.9. The van der Waals surface area contributed by atoms with E-state index in [1.807, 2.05) is 33.8 Å². The summed E-state index contributed by atoms with van der Waals surface area (Å²) in [6, 6.07) is 13.5. The summed E-state index contributed by atoms with van der Waals surface area (Å²) in [5.74, 6) is -0.906. The van der Waals surface area contributed by atoms with Crippen LogP contribution in [0.3, 0.4) is 0 Å². The molecule has 4 N–H and O–H groups in total. The molecule has 0 aliphatic carbocycles. The summed E-state index contributed by atoms with van der Waals surface area (Å²) in [6.07, 6.45) is 4.24. The third kappa shape index (κ3) is 6.31. The maximum atomic E-state index is 15.2. The Hall–Kier alpha value is -4.63. The molecule has 0 unspecified atom stereocenters. The first-order valence-corrected chi connectivity index (χ1v) is 13.5. The van der Waals surface area contributed by atoms with Crippen molar-refractivity contribution in [2.24, 2.45) is 7.05 Å². The lowest BCUT2D eigenvalue weighted by Crippen LogP contribution is -2.20.